The quantitative estimate of drug-likeness (QED) is 0.543. The van der Waals surface area contributed by atoms with Gasteiger partial charge in [0, 0.05) is 5.41 Å². The lowest BCUT2D eigenvalue weighted by molar-refractivity contribution is -0.308. The summed E-state index contributed by atoms with van der Waals surface area (Å²) in [5, 5.41) is 44.1. The first-order valence-electron chi connectivity index (χ1n) is 9.55. The summed E-state index contributed by atoms with van der Waals surface area (Å²) in [6, 6.07) is 0. The molecule has 4 N–H and O–H groups in total. The summed E-state index contributed by atoms with van der Waals surface area (Å²) in [7, 11) is 0. The molecule has 0 amide bonds. The second-order valence-corrected chi connectivity index (χ2v) is 9.62. The maximum absolute atomic E-state index is 12.1. The van der Waals surface area contributed by atoms with Crippen molar-refractivity contribution in [1.29, 1.82) is 0 Å². The summed E-state index contributed by atoms with van der Waals surface area (Å²) in [5.74, 6) is -1.02. The normalized spacial score (nSPS) is 57.7. The number of aliphatic hydroxyl groups is 3. The van der Waals surface area contributed by atoms with Crippen LogP contribution in [0, 0.1) is 28.1 Å². The molecule has 25 heavy (non-hydrogen) atoms. The number of carbonyl (C=O) groups is 1. The van der Waals surface area contributed by atoms with Gasteiger partial charge in [-0.05, 0) is 62.9 Å². The second kappa shape index (κ2) is 4.87. The Morgan fingerprint density at radius 1 is 1.20 bits per heavy atom. The Hall–Kier alpha value is -0.910. The van der Waals surface area contributed by atoms with Crippen molar-refractivity contribution in [3.8, 4) is 0 Å². The molecule has 8 atom stereocenters. The van der Waals surface area contributed by atoms with Crippen LogP contribution in [0.15, 0.2) is 12.2 Å². The molecule has 4 fully saturated rings. The second-order valence-electron chi connectivity index (χ2n) is 9.62. The number of fused-ring (bicyclic) bond motifs is 3. The number of carboxylic acid groups (broad SMARTS) is 1. The Morgan fingerprint density at radius 3 is 2.52 bits per heavy atom. The van der Waals surface area contributed by atoms with E-state index in [0.29, 0.717) is 25.7 Å². The molecule has 4 aliphatic carbocycles. The Kier molecular flexibility index (Phi) is 3.41. The predicted octanol–water partition coefficient (Wildman–Crippen LogP) is 2.10. The van der Waals surface area contributed by atoms with E-state index in [4.69, 9.17) is 0 Å². The Morgan fingerprint density at radius 2 is 1.88 bits per heavy atom. The van der Waals surface area contributed by atoms with Crippen LogP contribution in [0.4, 0.5) is 0 Å². The van der Waals surface area contributed by atoms with E-state index in [1.807, 2.05) is 6.92 Å². The monoisotopic (exact) mass is 350 g/mol. The van der Waals surface area contributed by atoms with Crippen molar-refractivity contribution in [2.24, 2.45) is 28.1 Å². The molecule has 5 heteroatoms. The fourth-order valence-corrected chi connectivity index (χ4v) is 7.49. The van der Waals surface area contributed by atoms with Gasteiger partial charge in [-0.3, -0.25) is 4.79 Å². The molecule has 140 valence electrons. The number of hydrogen-bond donors (Lipinski definition) is 4. The van der Waals surface area contributed by atoms with Gasteiger partial charge in [0.15, 0.2) is 0 Å². The van der Waals surface area contributed by atoms with Crippen molar-refractivity contribution in [1.82, 2.24) is 0 Å². The van der Waals surface area contributed by atoms with Gasteiger partial charge >= 0.3 is 5.97 Å². The van der Waals surface area contributed by atoms with Crippen LogP contribution in [-0.4, -0.2) is 44.2 Å². The molecule has 5 nitrogen and oxygen atoms in total. The minimum Gasteiger partial charge on any atom is -0.481 e. The highest BCUT2D eigenvalue weighted by Crippen LogP contribution is 2.73. The molecule has 0 aromatic carbocycles. The number of hydrogen-bond acceptors (Lipinski definition) is 4. The molecule has 8 unspecified atom stereocenters. The smallest absolute Gasteiger partial charge is 0.309 e. The fourth-order valence-electron chi connectivity index (χ4n) is 7.49. The molecule has 4 rings (SSSR count). The van der Waals surface area contributed by atoms with Crippen molar-refractivity contribution in [2.75, 3.05) is 0 Å². The molecule has 2 bridgehead atoms. The van der Waals surface area contributed by atoms with E-state index < -0.39 is 40.0 Å². The van der Waals surface area contributed by atoms with Gasteiger partial charge in [0.2, 0.25) is 0 Å². The maximum Gasteiger partial charge on any atom is 0.309 e. The van der Waals surface area contributed by atoms with Crippen molar-refractivity contribution in [3.63, 3.8) is 0 Å². The lowest BCUT2D eigenvalue weighted by Crippen LogP contribution is -2.74. The zero-order valence-electron chi connectivity index (χ0n) is 15.2. The fraction of sp³-hybridized carbons (Fsp3) is 0.850. The third kappa shape index (κ3) is 1.68. The molecular formula is C20H30O5. The molecule has 0 aliphatic heterocycles. The van der Waals surface area contributed by atoms with E-state index in [1.54, 1.807) is 6.92 Å². The zero-order valence-corrected chi connectivity index (χ0v) is 15.2. The van der Waals surface area contributed by atoms with Crippen molar-refractivity contribution >= 4 is 5.97 Å². The molecule has 0 aromatic rings. The van der Waals surface area contributed by atoms with Gasteiger partial charge in [0.1, 0.15) is 0 Å². The van der Waals surface area contributed by atoms with Crippen LogP contribution in [0.25, 0.3) is 0 Å². The Labute approximate surface area is 148 Å². The van der Waals surface area contributed by atoms with E-state index in [9.17, 15) is 25.2 Å². The first-order valence-corrected chi connectivity index (χ1v) is 9.55. The highest BCUT2D eigenvalue weighted by Gasteiger charge is 2.77. The number of carboxylic acids is 1. The lowest BCUT2D eigenvalue weighted by atomic mass is 9.38. The standard InChI is InChI=1S/C20H30O5/c1-11-12-5-8-20(25)18(3)7-4-6-17(2,16(23)24)13(18)9-14(21)19(20,10-12)15(11)22/h12-15,21-22,25H,1,4-10H2,2-3H3,(H,23,24). The molecule has 0 heterocycles. The third-order valence-electron chi connectivity index (χ3n) is 8.99. The molecule has 0 saturated heterocycles. The molecular weight excluding hydrogens is 320 g/mol. The predicted molar refractivity (Wildman–Crippen MR) is 91.7 cm³/mol. The summed E-state index contributed by atoms with van der Waals surface area (Å²) >= 11 is 0. The summed E-state index contributed by atoms with van der Waals surface area (Å²) < 4.78 is 0. The van der Waals surface area contributed by atoms with Gasteiger partial charge < -0.3 is 20.4 Å². The average Bonchev–Trinajstić information content (AvgIpc) is 2.77. The van der Waals surface area contributed by atoms with Gasteiger partial charge in [-0.25, -0.2) is 0 Å². The zero-order chi connectivity index (χ0) is 18.4. The SMILES string of the molecule is C=C1C2CCC3(O)C4(C)CCCC(C)(C(=O)O)C4CC(O)C3(C2)C1O. The number of aliphatic carboxylic acids is 1. The van der Waals surface area contributed by atoms with Crippen molar-refractivity contribution in [3.05, 3.63) is 12.2 Å². The topological polar surface area (TPSA) is 98.0 Å². The Balaban J connectivity index is 1.90. The third-order valence-corrected chi connectivity index (χ3v) is 8.99. The van der Waals surface area contributed by atoms with E-state index in [-0.39, 0.29) is 11.8 Å². The van der Waals surface area contributed by atoms with Crippen molar-refractivity contribution < 1.29 is 25.2 Å². The van der Waals surface area contributed by atoms with E-state index in [0.717, 1.165) is 24.8 Å². The van der Waals surface area contributed by atoms with E-state index >= 15 is 0 Å². The van der Waals surface area contributed by atoms with Crippen LogP contribution in [0.3, 0.4) is 0 Å². The van der Waals surface area contributed by atoms with Gasteiger partial charge in [0.05, 0.1) is 28.6 Å². The van der Waals surface area contributed by atoms with Crippen LogP contribution < -0.4 is 0 Å². The van der Waals surface area contributed by atoms with Crippen LogP contribution in [-0.2, 0) is 4.79 Å². The maximum atomic E-state index is 12.1. The summed E-state index contributed by atoms with van der Waals surface area (Å²) in [6.07, 6.45) is 2.31. The minimum absolute atomic E-state index is 0.138. The molecule has 4 aliphatic rings. The van der Waals surface area contributed by atoms with Gasteiger partial charge in [-0.15, -0.1) is 0 Å². The molecule has 4 saturated carbocycles. The molecule has 1 spiro atoms. The molecule has 0 aromatic heterocycles. The first-order chi connectivity index (χ1) is 11.5. The summed E-state index contributed by atoms with van der Waals surface area (Å²) in [5.41, 5.74) is -3.13. The summed E-state index contributed by atoms with van der Waals surface area (Å²) in [6.45, 7) is 7.81. The largest absolute Gasteiger partial charge is 0.481 e. The van der Waals surface area contributed by atoms with Crippen LogP contribution >= 0.6 is 0 Å². The number of rotatable bonds is 1. The van der Waals surface area contributed by atoms with Gasteiger partial charge in [0.25, 0.3) is 0 Å². The van der Waals surface area contributed by atoms with Gasteiger partial charge in [-0.1, -0.05) is 19.9 Å². The van der Waals surface area contributed by atoms with E-state index in [2.05, 4.69) is 6.58 Å². The number of aliphatic hydroxyl groups excluding tert-OH is 2. The first kappa shape index (κ1) is 17.5. The highest BCUT2D eigenvalue weighted by atomic mass is 16.4. The lowest BCUT2D eigenvalue weighted by Gasteiger charge is -2.69. The van der Waals surface area contributed by atoms with Crippen LogP contribution in [0.5, 0.6) is 0 Å². The van der Waals surface area contributed by atoms with Crippen molar-refractivity contribution in [2.45, 2.75) is 76.6 Å². The average molecular weight is 350 g/mol. The van der Waals surface area contributed by atoms with Gasteiger partial charge in [-0.2, -0.15) is 0 Å². The Bertz CT molecular complexity index is 646. The minimum atomic E-state index is -1.27. The van der Waals surface area contributed by atoms with Crippen LogP contribution in [0.1, 0.15) is 58.8 Å². The summed E-state index contributed by atoms with van der Waals surface area (Å²) in [4.78, 5) is 12.1. The van der Waals surface area contributed by atoms with E-state index in [1.165, 1.54) is 0 Å². The highest BCUT2D eigenvalue weighted by molar-refractivity contribution is 5.75. The van der Waals surface area contributed by atoms with Crippen LogP contribution in [0.2, 0.25) is 0 Å². The molecule has 0 radical (unpaired) electrons.